The molecule has 1 unspecified atom stereocenters. The third kappa shape index (κ3) is 4.35. The molecule has 0 saturated carbocycles. The highest BCUT2D eigenvalue weighted by atomic mass is 19.2. The summed E-state index contributed by atoms with van der Waals surface area (Å²) in [4.78, 5) is 23.1. The van der Waals surface area contributed by atoms with Gasteiger partial charge >= 0.3 is 5.69 Å². The SMILES string of the molecule is Cc1nn(Cc2ccc(C(=O)NC(C)c3ccc(F)c(F)c3)cc2)c(C)c1[N+](=O)[O-]. The number of benzene rings is 2. The number of aromatic nitrogens is 2. The maximum atomic E-state index is 13.4. The van der Waals surface area contributed by atoms with Gasteiger partial charge in [-0.3, -0.25) is 19.6 Å². The molecule has 7 nitrogen and oxygen atoms in total. The monoisotopic (exact) mass is 414 g/mol. The molecule has 9 heteroatoms. The lowest BCUT2D eigenvalue weighted by molar-refractivity contribution is -0.386. The van der Waals surface area contributed by atoms with Crippen LogP contribution in [0.15, 0.2) is 42.5 Å². The Morgan fingerprint density at radius 2 is 1.83 bits per heavy atom. The second-order valence-electron chi connectivity index (χ2n) is 7.00. The minimum atomic E-state index is -0.970. The summed E-state index contributed by atoms with van der Waals surface area (Å²) in [6, 6.07) is 9.70. The normalized spacial score (nSPS) is 11.9. The highest BCUT2D eigenvalue weighted by Crippen LogP contribution is 2.23. The van der Waals surface area contributed by atoms with E-state index < -0.39 is 22.6 Å². The van der Waals surface area contributed by atoms with E-state index in [9.17, 15) is 23.7 Å². The molecule has 0 aliphatic carbocycles. The van der Waals surface area contributed by atoms with Gasteiger partial charge in [0.15, 0.2) is 11.6 Å². The van der Waals surface area contributed by atoms with E-state index >= 15 is 0 Å². The molecular formula is C21H20F2N4O3. The molecule has 0 fully saturated rings. The fourth-order valence-electron chi connectivity index (χ4n) is 3.19. The Bertz CT molecular complexity index is 1110. The Hall–Kier alpha value is -3.62. The van der Waals surface area contributed by atoms with Gasteiger partial charge in [-0.15, -0.1) is 0 Å². The standard InChI is InChI=1S/C21H20F2N4O3/c1-12(17-8-9-18(22)19(23)10-17)24-21(28)16-6-4-15(5-7-16)11-26-14(3)20(27(29)30)13(2)25-26/h4-10,12H,11H2,1-3H3,(H,24,28). The fraction of sp³-hybridized carbons (Fsp3) is 0.238. The number of hydrogen-bond donors (Lipinski definition) is 1. The lowest BCUT2D eigenvalue weighted by Gasteiger charge is -2.15. The van der Waals surface area contributed by atoms with Gasteiger partial charge in [0.25, 0.3) is 5.91 Å². The Morgan fingerprint density at radius 1 is 1.17 bits per heavy atom. The number of amides is 1. The third-order valence-electron chi connectivity index (χ3n) is 4.87. The molecule has 1 aromatic heterocycles. The number of nitrogens with zero attached hydrogens (tertiary/aromatic N) is 3. The number of nitro groups is 1. The van der Waals surface area contributed by atoms with Gasteiger partial charge in [0.1, 0.15) is 11.4 Å². The molecule has 0 radical (unpaired) electrons. The van der Waals surface area contributed by atoms with Gasteiger partial charge in [0, 0.05) is 5.56 Å². The number of aryl methyl sites for hydroxylation is 1. The van der Waals surface area contributed by atoms with Crippen LogP contribution < -0.4 is 5.32 Å². The van der Waals surface area contributed by atoms with Crippen molar-refractivity contribution < 1.29 is 18.5 Å². The Balaban J connectivity index is 1.69. The van der Waals surface area contributed by atoms with Crippen LogP contribution in [0.2, 0.25) is 0 Å². The van der Waals surface area contributed by atoms with Crippen molar-refractivity contribution in [2.45, 2.75) is 33.4 Å². The van der Waals surface area contributed by atoms with Crippen LogP contribution in [0.5, 0.6) is 0 Å². The molecule has 0 saturated heterocycles. The quantitative estimate of drug-likeness (QED) is 0.483. The average molecular weight is 414 g/mol. The van der Waals surface area contributed by atoms with Crippen molar-refractivity contribution in [2.75, 3.05) is 0 Å². The first kappa shape index (κ1) is 21.1. The minimum Gasteiger partial charge on any atom is -0.346 e. The second kappa shape index (κ2) is 8.40. The van der Waals surface area contributed by atoms with E-state index in [1.54, 1.807) is 49.7 Å². The summed E-state index contributed by atoms with van der Waals surface area (Å²) in [6.45, 7) is 5.23. The lowest BCUT2D eigenvalue weighted by atomic mass is 10.1. The molecule has 3 aromatic rings. The van der Waals surface area contributed by atoms with E-state index in [0.717, 1.165) is 17.7 Å². The molecule has 0 aliphatic heterocycles. The maximum absolute atomic E-state index is 13.4. The zero-order valence-corrected chi connectivity index (χ0v) is 16.6. The molecule has 30 heavy (non-hydrogen) atoms. The first-order valence-electron chi connectivity index (χ1n) is 9.20. The number of carbonyl (C=O) groups excluding carboxylic acids is 1. The summed E-state index contributed by atoms with van der Waals surface area (Å²) in [5.41, 5.74) is 2.47. The molecule has 1 N–H and O–H groups in total. The minimum absolute atomic E-state index is 0.00258. The van der Waals surface area contributed by atoms with Gasteiger partial charge in [-0.05, 0) is 56.2 Å². The molecule has 0 spiro atoms. The number of rotatable bonds is 6. The smallest absolute Gasteiger partial charge is 0.312 e. The van der Waals surface area contributed by atoms with Crippen molar-refractivity contribution in [1.29, 1.82) is 0 Å². The largest absolute Gasteiger partial charge is 0.346 e. The van der Waals surface area contributed by atoms with Gasteiger partial charge in [-0.2, -0.15) is 5.10 Å². The van der Waals surface area contributed by atoms with Gasteiger partial charge in [-0.25, -0.2) is 8.78 Å². The fourth-order valence-corrected chi connectivity index (χ4v) is 3.19. The van der Waals surface area contributed by atoms with Crippen LogP contribution in [0.4, 0.5) is 14.5 Å². The summed E-state index contributed by atoms with van der Waals surface area (Å²) < 4.78 is 28.0. The predicted molar refractivity (Wildman–Crippen MR) is 106 cm³/mol. The molecule has 1 heterocycles. The van der Waals surface area contributed by atoms with Crippen LogP contribution in [0.25, 0.3) is 0 Å². The van der Waals surface area contributed by atoms with Crippen molar-refractivity contribution in [3.8, 4) is 0 Å². The van der Waals surface area contributed by atoms with E-state index in [-0.39, 0.29) is 11.6 Å². The predicted octanol–water partition coefficient (Wildman–Crippen LogP) is 4.23. The topological polar surface area (TPSA) is 90.1 Å². The first-order chi connectivity index (χ1) is 14.2. The highest BCUT2D eigenvalue weighted by molar-refractivity contribution is 5.94. The molecule has 0 aliphatic rings. The number of hydrogen-bond acceptors (Lipinski definition) is 4. The van der Waals surface area contributed by atoms with Crippen LogP contribution in [0.3, 0.4) is 0 Å². The molecule has 1 atom stereocenters. The lowest BCUT2D eigenvalue weighted by Crippen LogP contribution is -2.26. The summed E-state index contributed by atoms with van der Waals surface area (Å²) >= 11 is 0. The summed E-state index contributed by atoms with van der Waals surface area (Å²) in [7, 11) is 0. The van der Waals surface area contributed by atoms with E-state index in [4.69, 9.17) is 0 Å². The molecule has 0 bridgehead atoms. The van der Waals surface area contributed by atoms with Crippen LogP contribution in [0, 0.1) is 35.6 Å². The molecular weight excluding hydrogens is 394 g/mol. The van der Waals surface area contributed by atoms with Crippen molar-refractivity contribution >= 4 is 11.6 Å². The average Bonchev–Trinajstić information content (AvgIpc) is 2.97. The maximum Gasteiger partial charge on any atom is 0.312 e. The van der Waals surface area contributed by atoms with Crippen molar-refractivity contribution in [3.63, 3.8) is 0 Å². The van der Waals surface area contributed by atoms with Gasteiger partial charge in [-0.1, -0.05) is 18.2 Å². The van der Waals surface area contributed by atoms with E-state index in [0.29, 0.717) is 29.1 Å². The van der Waals surface area contributed by atoms with Gasteiger partial charge in [0.2, 0.25) is 0 Å². The van der Waals surface area contributed by atoms with Crippen molar-refractivity contribution in [2.24, 2.45) is 0 Å². The summed E-state index contributed by atoms with van der Waals surface area (Å²) in [5, 5.41) is 18.1. The highest BCUT2D eigenvalue weighted by Gasteiger charge is 2.21. The number of halogens is 2. The summed E-state index contributed by atoms with van der Waals surface area (Å²) in [6.07, 6.45) is 0. The van der Waals surface area contributed by atoms with Crippen LogP contribution in [0.1, 0.15) is 45.8 Å². The van der Waals surface area contributed by atoms with Crippen molar-refractivity contribution in [1.82, 2.24) is 15.1 Å². The summed E-state index contributed by atoms with van der Waals surface area (Å²) in [5.74, 6) is -2.27. The van der Waals surface area contributed by atoms with Gasteiger partial charge in [0.05, 0.1) is 17.5 Å². The van der Waals surface area contributed by atoms with Crippen LogP contribution in [-0.2, 0) is 6.54 Å². The Morgan fingerprint density at radius 3 is 2.40 bits per heavy atom. The van der Waals surface area contributed by atoms with E-state index in [2.05, 4.69) is 10.4 Å². The van der Waals surface area contributed by atoms with Crippen molar-refractivity contribution in [3.05, 3.63) is 92.3 Å². The zero-order chi connectivity index (χ0) is 22.0. The van der Waals surface area contributed by atoms with E-state index in [1.807, 2.05) is 0 Å². The first-order valence-corrected chi connectivity index (χ1v) is 9.20. The second-order valence-corrected chi connectivity index (χ2v) is 7.00. The van der Waals surface area contributed by atoms with Gasteiger partial charge < -0.3 is 5.32 Å². The van der Waals surface area contributed by atoms with Crippen LogP contribution in [-0.4, -0.2) is 20.6 Å². The zero-order valence-electron chi connectivity index (χ0n) is 16.6. The Labute approximate surface area is 171 Å². The number of nitrogens with one attached hydrogen (secondary N) is 1. The van der Waals surface area contributed by atoms with Crippen LogP contribution >= 0.6 is 0 Å². The molecule has 1 amide bonds. The van der Waals surface area contributed by atoms with E-state index in [1.165, 1.54) is 6.07 Å². The number of carbonyl (C=O) groups is 1. The molecule has 3 rings (SSSR count). The third-order valence-corrected chi connectivity index (χ3v) is 4.87. The molecule has 2 aromatic carbocycles. The Kier molecular flexibility index (Phi) is 5.91. The molecule has 156 valence electrons.